The molecule has 1 amide bonds. The van der Waals surface area contributed by atoms with Crippen molar-refractivity contribution in [3.8, 4) is 0 Å². The molecule has 3 rings (SSSR count). The maximum atomic E-state index is 12.2. The van der Waals surface area contributed by atoms with E-state index >= 15 is 0 Å². The zero-order valence-electron chi connectivity index (χ0n) is 12.2. The normalized spacial score (nSPS) is 18.8. The van der Waals surface area contributed by atoms with Crippen LogP contribution in [0, 0.1) is 0 Å². The highest BCUT2D eigenvalue weighted by atomic mass is 16.2. The SMILES string of the molecule is CN1CCN(C(=O)CCc2ccc3c(c2)NCC3)CC1. The molecule has 1 aromatic rings. The molecule has 4 nitrogen and oxygen atoms in total. The molecule has 1 saturated heterocycles. The van der Waals surface area contributed by atoms with E-state index in [2.05, 4.69) is 35.5 Å². The van der Waals surface area contributed by atoms with E-state index in [0.29, 0.717) is 12.3 Å². The van der Waals surface area contributed by atoms with Gasteiger partial charge in [-0.25, -0.2) is 0 Å². The molecular weight excluding hydrogens is 250 g/mol. The summed E-state index contributed by atoms with van der Waals surface area (Å²) >= 11 is 0. The molecule has 2 aliphatic rings. The van der Waals surface area contributed by atoms with Crippen LogP contribution >= 0.6 is 0 Å². The quantitative estimate of drug-likeness (QED) is 0.903. The standard InChI is InChI=1S/C16H23N3O/c1-18-8-10-19(11-9-18)16(20)5-3-13-2-4-14-6-7-17-15(14)12-13/h2,4,12,17H,3,5-11H2,1H3. The number of amides is 1. The summed E-state index contributed by atoms with van der Waals surface area (Å²) in [6.07, 6.45) is 2.60. The largest absolute Gasteiger partial charge is 0.384 e. The van der Waals surface area contributed by atoms with Crippen molar-refractivity contribution in [3.05, 3.63) is 29.3 Å². The minimum absolute atomic E-state index is 0.298. The first-order valence-corrected chi connectivity index (χ1v) is 7.54. The van der Waals surface area contributed by atoms with Gasteiger partial charge in [-0.3, -0.25) is 4.79 Å². The van der Waals surface area contributed by atoms with Crippen molar-refractivity contribution in [3.63, 3.8) is 0 Å². The maximum Gasteiger partial charge on any atom is 0.222 e. The molecule has 1 N–H and O–H groups in total. The van der Waals surface area contributed by atoms with Gasteiger partial charge in [0, 0.05) is 44.8 Å². The van der Waals surface area contributed by atoms with Crippen LogP contribution in [0.2, 0.25) is 0 Å². The Morgan fingerprint density at radius 2 is 2.05 bits per heavy atom. The summed E-state index contributed by atoms with van der Waals surface area (Å²) in [5.41, 5.74) is 3.93. The predicted molar refractivity (Wildman–Crippen MR) is 81.0 cm³/mol. The fourth-order valence-electron chi connectivity index (χ4n) is 2.96. The minimum Gasteiger partial charge on any atom is -0.384 e. The number of rotatable bonds is 3. The molecule has 0 spiro atoms. The monoisotopic (exact) mass is 273 g/mol. The molecule has 2 aliphatic heterocycles. The molecule has 1 aromatic carbocycles. The predicted octanol–water partition coefficient (Wildman–Crippen LogP) is 1.36. The first-order valence-electron chi connectivity index (χ1n) is 7.54. The Bertz CT molecular complexity index is 492. The third-order valence-corrected chi connectivity index (χ3v) is 4.37. The summed E-state index contributed by atoms with van der Waals surface area (Å²) in [6, 6.07) is 6.58. The topological polar surface area (TPSA) is 35.6 Å². The second-order valence-electron chi connectivity index (χ2n) is 5.85. The van der Waals surface area contributed by atoms with Crippen LogP contribution in [0.4, 0.5) is 5.69 Å². The number of carbonyl (C=O) groups excluding carboxylic acids is 1. The lowest BCUT2D eigenvalue weighted by atomic mass is 10.0. The van der Waals surface area contributed by atoms with Gasteiger partial charge < -0.3 is 15.1 Å². The number of fused-ring (bicyclic) bond motifs is 1. The average molecular weight is 273 g/mol. The van der Waals surface area contributed by atoms with Gasteiger partial charge in [-0.2, -0.15) is 0 Å². The van der Waals surface area contributed by atoms with Crippen molar-refractivity contribution in [1.82, 2.24) is 9.80 Å². The summed E-state index contributed by atoms with van der Waals surface area (Å²) in [5.74, 6) is 0.298. The lowest BCUT2D eigenvalue weighted by Crippen LogP contribution is -2.47. The molecule has 0 aromatic heterocycles. The molecule has 0 saturated carbocycles. The third kappa shape index (κ3) is 2.96. The van der Waals surface area contributed by atoms with Crippen molar-refractivity contribution in [2.24, 2.45) is 0 Å². The van der Waals surface area contributed by atoms with Crippen LogP contribution in [-0.2, 0) is 17.6 Å². The Hall–Kier alpha value is -1.55. The summed E-state index contributed by atoms with van der Waals surface area (Å²) < 4.78 is 0. The summed E-state index contributed by atoms with van der Waals surface area (Å²) in [5, 5.41) is 3.40. The van der Waals surface area contributed by atoms with E-state index in [1.165, 1.54) is 16.8 Å². The average Bonchev–Trinajstić information content (AvgIpc) is 2.93. The molecule has 0 bridgehead atoms. The zero-order valence-corrected chi connectivity index (χ0v) is 12.2. The Balaban J connectivity index is 1.53. The highest BCUT2D eigenvalue weighted by Gasteiger charge is 2.18. The molecule has 1 fully saturated rings. The lowest BCUT2D eigenvalue weighted by Gasteiger charge is -2.32. The number of likely N-dealkylation sites (N-methyl/N-ethyl adjacent to an activating group) is 1. The number of benzene rings is 1. The van der Waals surface area contributed by atoms with Gasteiger partial charge >= 0.3 is 0 Å². The van der Waals surface area contributed by atoms with Gasteiger partial charge in [0.25, 0.3) is 0 Å². The van der Waals surface area contributed by atoms with Crippen LogP contribution in [0.5, 0.6) is 0 Å². The second-order valence-corrected chi connectivity index (χ2v) is 5.85. The molecule has 20 heavy (non-hydrogen) atoms. The van der Waals surface area contributed by atoms with Gasteiger partial charge in [-0.05, 0) is 37.1 Å². The lowest BCUT2D eigenvalue weighted by molar-refractivity contribution is -0.132. The number of nitrogens with one attached hydrogen (secondary N) is 1. The van der Waals surface area contributed by atoms with E-state index in [-0.39, 0.29) is 0 Å². The highest BCUT2D eigenvalue weighted by molar-refractivity contribution is 5.76. The molecule has 0 aliphatic carbocycles. The summed E-state index contributed by atoms with van der Waals surface area (Å²) in [7, 11) is 2.11. The number of piperazine rings is 1. The molecule has 0 unspecified atom stereocenters. The maximum absolute atomic E-state index is 12.2. The minimum atomic E-state index is 0.298. The number of anilines is 1. The van der Waals surface area contributed by atoms with Crippen LogP contribution < -0.4 is 5.32 Å². The zero-order chi connectivity index (χ0) is 13.9. The molecule has 2 heterocycles. The smallest absolute Gasteiger partial charge is 0.222 e. The molecule has 0 radical (unpaired) electrons. The van der Waals surface area contributed by atoms with E-state index in [1.807, 2.05) is 4.90 Å². The van der Waals surface area contributed by atoms with Gasteiger partial charge in [-0.1, -0.05) is 12.1 Å². The van der Waals surface area contributed by atoms with E-state index in [0.717, 1.165) is 45.6 Å². The number of hydrogen-bond donors (Lipinski definition) is 1. The van der Waals surface area contributed by atoms with Gasteiger partial charge in [0.2, 0.25) is 5.91 Å². The van der Waals surface area contributed by atoms with Gasteiger partial charge in [-0.15, -0.1) is 0 Å². The molecular formula is C16H23N3O. The van der Waals surface area contributed by atoms with E-state index in [9.17, 15) is 4.79 Å². The first kappa shape index (κ1) is 13.4. The van der Waals surface area contributed by atoms with Crippen LogP contribution in [-0.4, -0.2) is 55.5 Å². The second kappa shape index (κ2) is 5.83. The Morgan fingerprint density at radius 3 is 2.85 bits per heavy atom. The fourth-order valence-corrected chi connectivity index (χ4v) is 2.96. The molecule has 108 valence electrons. The summed E-state index contributed by atoms with van der Waals surface area (Å²) in [6.45, 7) is 4.78. The third-order valence-electron chi connectivity index (χ3n) is 4.37. The molecule has 4 heteroatoms. The van der Waals surface area contributed by atoms with E-state index in [1.54, 1.807) is 0 Å². The van der Waals surface area contributed by atoms with Gasteiger partial charge in [0.15, 0.2) is 0 Å². The van der Waals surface area contributed by atoms with Crippen LogP contribution in [0.25, 0.3) is 0 Å². The number of nitrogens with zero attached hydrogens (tertiary/aromatic N) is 2. The highest BCUT2D eigenvalue weighted by Crippen LogP contribution is 2.23. The fraction of sp³-hybridized carbons (Fsp3) is 0.562. The van der Waals surface area contributed by atoms with Crippen molar-refractivity contribution in [2.45, 2.75) is 19.3 Å². The Morgan fingerprint density at radius 1 is 1.25 bits per heavy atom. The van der Waals surface area contributed by atoms with Crippen LogP contribution in [0.1, 0.15) is 17.5 Å². The van der Waals surface area contributed by atoms with E-state index < -0.39 is 0 Å². The number of aryl methyl sites for hydroxylation is 1. The number of carbonyl (C=O) groups is 1. The van der Waals surface area contributed by atoms with Crippen molar-refractivity contribution in [1.29, 1.82) is 0 Å². The van der Waals surface area contributed by atoms with E-state index in [4.69, 9.17) is 0 Å². The Labute approximate surface area is 120 Å². The van der Waals surface area contributed by atoms with Crippen molar-refractivity contribution < 1.29 is 4.79 Å². The van der Waals surface area contributed by atoms with Crippen LogP contribution in [0.15, 0.2) is 18.2 Å². The first-order chi connectivity index (χ1) is 9.72. The molecule has 0 atom stereocenters. The van der Waals surface area contributed by atoms with Gasteiger partial charge in [0.1, 0.15) is 0 Å². The van der Waals surface area contributed by atoms with Crippen molar-refractivity contribution in [2.75, 3.05) is 45.1 Å². The Kier molecular flexibility index (Phi) is 3.92. The van der Waals surface area contributed by atoms with Crippen LogP contribution in [0.3, 0.4) is 0 Å². The van der Waals surface area contributed by atoms with Crippen molar-refractivity contribution >= 4 is 11.6 Å². The summed E-state index contributed by atoms with van der Waals surface area (Å²) in [4.78, 5) is 16.5. The number of hydrogen-bond acceptors (Lipinski definition) is 3. The van der Waals surface area contributed by atoms with Gasteiger partial charge in [0.05, 0.1) is 0 Å².